The van der Waals surface area contributed by atoms with Crippen LogP contribution in [0, 0.1) is 11.3 Å². The Balaban J connectivity index is 1.65. The molecule has 0 radical (unpaired) electrons. The van der Waals surface area contributed by atoms with Crippen LogP contribution in [-0.4, -0.2) is 31.6 Å². The van der Waals surface area contributed by atoms with Gasteiger partial charge in [-0.2, -0.15) is 0 Å². The first-order valence-corrected chi connectivity index (χ1v) is 7.39. The number of hydrogen-bond donors (Lipinski definition) is 0. The maximum atomic E-state index is 11.6. The Morgan fingerprint density at radius 1 is 1.14 bits per heavy atom. The lowest BCUT2D eigenvalue weighted by Gasteiger charge is -2.44. The van der Waals surface area contributed by atoms with Crippen LogP contribution in [0.25, 0.3) is 0 Å². The molecule has 5 nitrogen and oxygen atoms in total. The fourth-order valence-electron chi connectivity index (χ4n) is 2.52. The molecular formula is C17H19NO4. The Kier molecular flexibility index (Phi) is 3.74. The smallest absolute Gasteiger partial charge is 0.258 e. The lowest BCUT2D eigenvalue weighted by molar-refractivity contribution is -0.156. The molecule has 0 N–H and O–H groups in total. The van der Waals surface area contributed by atoms with E-state index in [0.29, 0.717) is 18.2 Å². The summed E-state index contributed by atoms with van der Waals surface area (Å²) in [6.45, 7) is 6.41. The van der Waals surface area contributed by atoms with Crippen LogP contribution in [0.1, 0.15) is 13.8 Å². The van der Waals surface area contributed by atoms with Gasteiger partial charge >= 0.3 is 0 Å². The lowest BCUT2D eigenvalue weighted by Crippen LogP contribution is -2.50. The van der Waals surface area contributed by atoms with Gasteiger partial charge in [0.15, 0.2) is 0 Å². The van der Waals surface area contributed by atoms with Crippen molar-refractivity contribution >= 4 is 17.5 Å². The summed E-state index contributed by atoms with van der Waals surface area (Å²) >= 11 is 0. The van der Waals surface area contributed by atoms with Gasteiger partial charge in [0.1, 0.15) is 5.75 Å². The summed E-state index contributed by atoms with van der Waals surface area (Å²) in [4.78, 5) is 24.4. The van der Waals surface area contributed by atoms with Gasteiger partial charge in [-0.05, 0) is 30.2 Å². The molecule has 2 aliphatic heterocycles. The summed E-state index contributed by atoms with van der Waals surface area (Å²) < 4.78 is 11.2. The number of rotatable bonds is 5. The minimum Gasteiger partial charge on any atom is -0.493 e. The van der Waals surface area contributed by atoms with Crippen molar-refractivity contribution in [1.29, 1.82) is 0 Å². The zero-order valence-corrected chi connectivity index (χ0v) is 12.7. The van der Waals surface area contributed by atoms with Crippen molar-refractivity contribution in [2.75, 3.05) is 24.7 Å². The number of anilines is 1. The van der Waals surface area contributed by atoms with E-state index in [1.165, 1.54) is 12.2 Å². The van der Waals surface area contributed by atoms with Crippen LogP contribution in [0.5, 0.6) is 5.75 Å². The molecule has 2 amide bonds. The van der Waals surface area contributed by atoms with Gasteiger partial charge in [-0.25, -0.2) is 4.90 Å². The Morgan fingerprint density at radius 2 is 1.73 bits per heavy atom. The van der Waals surface area contributed by atoms with Crippen LogP contribution in [0.2, 0.25) is 0 Å². The first-order chi connectivity index (χ1) is 10.5. The average Bonchev–Trinajstić information content (AvgIpc) is 2.77. The Bertz CT molecular complexity index is 596. The molecule has 2 heterocycles. The molecule has 22 heavy (non-hydrogen) atoms. The summed E-state index contributed by atoms with van der Waals surface area (Å²) in [7, 11) is 0. The zero-order valence-electron chi connectivity index (χ0n) is 12.7. The normalized spacial score (nSPS) is 19.7. The molecule has 0 saturated carbocycles. The monoisotopic (exact) mass is 301 g/mol. The van der Waals surface area contributed by atoms with Gasteiger partial charge in [-0.1, -0.05) is 13.8 Å². The lowest BCUT2D eigenvalue weighted by atomic mass is 9.76. The highest BCUT2D eigenvalue weighted by Crippen LogP contribution is 2.36. The third kappa shape index (κ3) is 2.52. The molecule has 0 bridgehead atoms. The zero-order chi connectivity index (χ0) is 15.7. The number of carbonyl (C=O) groups is 2. The van der Waals surface area contributed by atoms with E-state index in [-0.39, 0.29) is 17.2 Å². The predicted octanol–water partition coefficient (Wildman–Crippen LogP) is 2.17. The second-order valence-corrected chi connectivity index (χ2v) is 6.14. The van der Waals surface area contributed by atoms with Crippen molar-refractivity contribution in [1.82, 2.24) is 0 Å². The van der Waals surface area contributed by atoms with Gasteiger partial charge in [-0.3, -0.25) is 9.59 Å². The minimum atomic E-state index is -0.316. The fraction of sp³-hybridized carbons (Fsp3) is 0.412. The third-order valence-corrected chi connectivity index (χ3v) is 4.43. The largest absolute Gasteiger partial charge is 0.493 e. The van der Waals surface area contributed by atoms with Gasteiger partial charge in [0.2, 0.25) is 0 Å². The van der Waals surface area contributed by atoms with Crippen molar-refractivity contribution in [3.8, 4) is 5.75 Å². The molecule has 1 aromatic rings. The van der Waals surface area contributed by atoms with Crippen molar-refractivity contribution in [2.24, 2.45) is 11.3 Å². The standard InChI is InChI=1S/C17H19NO4/c1-12(2)17(9-21-10-17)11-22-14-5-3-13(4-6-14)18-15(19)7-8-16(18)20/h3-8,12H,9-11H2,1-2H3. The number of ether oxygens (including phenoxy) is 2. The number of hydrogen-bond acceptors (Lipinski definition) is 4. The predicted molar refractivity (Wildman–Crippen MR) is 81.7 cm³/mol. The molecule has 0 unspecified atom stereocenters. The number of carbonyl (C=O) groups excluding carboxylic acids is 2. The Morgan fingerprint density at radius 3 is 2.18 bits per heavy atom. The third-order valence-electron chi connectivity index (χ3n) is 4.43. The second-order valence-electron chi connectivity index (χ2n) is 6.14. The molecular weight excluding hydrogens is 282 g/mol. The maximum Gasteiger partial charge on any atom is 0.258 e. The summed E-state index contributed by atoms with van der Waals surface area (Å²) in [5, 5.41) is 0. The van der Waals surface area contributed by atoms with Gasteiger partial charge in [-0.15, -0.1) is 0 Å². The molecule has 2 aliphatic rings. The van der Waals surface area contributed by atoms with Crippen LogP contribution in [0.15, 0.2) is 36.4 Å². The number of nitrogens with zero attached hydrogens (tertiary/aromatic N) is 1. The SMILES string of the molecule is CC(C)C1(COc2ccc(N3C(=O)C=CC3=O)cc2)COC1. The highest BCUT2D eigenvalue weighted by molar-refractivity contribution is 6.28. The number of amides is 2. The summed E-state index contributed by atoms with van der Waals surface area (Å²) in [6, 6.07) is 7.00. The molecule has 1 fully saturated rings. The van der Waals surface area contributed by atoms with Crippen LogP contribution in [0.3, 0.4) is 0 Å². The molecule has 5 heteroatoms. The van der Waals surface area contributed by atoms with Gasteiger partial charge < -0.3 is 9.47 Å². The molecule has 0 aromatic heterocycles. The number of imide groups is 1. The van der Waals surface area contributed by atoms with E-state index in [9.17, 15) is 9.59 Å². The molecule has 1 saturated heterocycles. The van der Waals surface area contributed by atoms with Crippen molar-refractivity contribution < 1.29 is 19.1 Å². The van der Waals surface area contributed by atoms with E-state index in [1.54, 1.807) is 24.3 Å². The Labute approximate surface area is 129 Å². The van der Waals surface area contributed by atoms with Gasteiger partial charge in [0.05, 0.1) is 30.9 Å². The molecule has 1 aromatic carbocycles. The average molecular weight is 301 g/mol. The quantitative estimate of drug-likeness (QED) is 0.782. The van der Waals surface area contributed by atoms with Crippen molar-refractivity contribution in [3.63, 3.8) is 0 Å². The van der Waals surface area contributed by atoms with Crippen molar-refractivity contribution in [2.45, 2.75) is 13.8 Å². The van der Waals surface area contributed by atoms with Crippen LogP contribution in [-0.2, 0) is 14.3 Å². The van der Waals surface area contributed by atoms with Crippen LogP contribution < -0.4 is 9.64 Å². The first-order valence-electron chi connectivity index (χ1n) is 7.39. The maximum absolute atomic E-state index is 11.6. The highest BCUT2D eigenvalue weighted by Gasteiger charge is 2.42. The summed E-state index contributed by atoms with van der Waals surface area (Å²) in [5.41, 5.74) is 0.640. The summed E-state index contributed by atoms with van der Waals surface area (Å²) in [5.74, 6) is 0.585. The van der Waals surface area contributed by atoms with Crippen LogP contribution in [0.4, 0.5) is 5.69 Å². The van der Waals surface area contributed by atoms with E-state index in [2.05, 4.69) is 13.8 Å². The second kappa shape index (κ2) is 5.57. The minimum absolute atomic E-state index is 0.0868. The van der Waals surface area contributed by atoms with Gasteiger partial charge in [0.25, 0.3) is 11.8 Å². The molecule has 116 valence electrons. The topological polar surface area (TPSA) is 55.8 Å². The van der Waals surface area contributed by atoms with Crippen LogP contribution >= 0.6 is 0 Å². The molecule has 0 spiro atoms. The van der Waals surface area contributed by atoms with E-state index >= 15 is 0 Å². The molecule has 0 atom stereocenters. The fourth-order valence-corrected chi connectivity index (χ4v) is 2.52. The van der Waals surface area contributed by atoms with E-state index in [0.717, 1.165) is 23.9 Å². The molecule has 3 rings (SSSR count). The van der Waals surface area contributed by atoms with Crippen molar-refractivity contribution in [3.05, 3.63) is 36.4 Å². The van der Waals surface area contributed by atoms with Gasteiger partial charge in [0, 0.05) is 12.2 Å². The van der Waals surface area contributed by atoms with E-state index in [4.69, 9.17) is 9.47 Å². The van der Waals surface area contributed by atoms with E-state index < -0.39 is 0 Å². The Hall–Kier alpha value is -2.14. The summed E-state index contributed by atoms with van der Waals surface area (Å²) in [6.07, 6.45) is 2.55. The first kappa shape index (κ1) is 14.8. The van der Waals surface area contributed by atoms with E-state index in [1.807, 2.05) is 0 Å². The molecule has 0 aliphatic carbocycles. The number of benzene rings is 1. The highest BCUT2D eigenvalue weighted by atomic mass is 16.5.